The van der Waals surface area contributed by atoms with Crippen LogP contribution in [0.25, 0.3) is 0 Å². The summed E-state index contributed by atoms with van der Waals surface area (Å²) in [7, 11) is 0. The van der Waals surface area contributed by atoms with Gasteiger partial charge in [0, 0.05) is 43.7 Å². The highest BCUT2D eigenvalue weighted by Gasteiger charge is 2.40. The molecule has 0 bridgehead atoms. The summed E-state index contributed by atoms with van der Waals surface area (Å²) in [6, 6.07) is 10.9. The summed E-state index contributed by atoms with van der Waals surface area (Å²) < 4.78 is 2.00. The van der Waals surface area contributed by atoms with E-state index >= 15 is 0 Å². The summed E-state index contributed by atoms with van der Waals surface area (Å²) >= 11 is 0. The Hall–Kier alpha value is -2.37. The van der Waals surface area contributed by atoms with Gasteiger partial charge in [-0.05, 0) is 43.6 Å². The molecule has 142 valence electrons. The molecule has 0 radical (unpaired) electrons. The lowest BCUT2D eigenvalue weighted by Crippen LogP contribution is -2.45. The van der Waals surface area contributed by atoms with Crippen molar-refractivity contribution in [2.45, 2.75) is 56.5 Å². The van der Waals surface area contributed by atoms with E-state index in [0.717, 1.165) is 44.6 Å². The van der Waals surface area contributed by atoms with E-state index in [2.05, 4.69) is 46.1 Å². The fourth-order valence-corrected chi connectivity index (χ4v) is 4.22. The van der Waals surface area contributed by atoms with Crippen LogP contribution in [-0.4, -0.2) is 45.1 Å². The molecule has 2 amide bonds. The van der Waals surface area contributed by atoms with Gasteiger partial charge in [-0.3, -0.25) is 4.68 Å². The number of benzene rings is 1. The quantitative estimate of drug-likeness (QED) is 0.885. The number of hydrogen-bond acceptors (Lipinski definition) is 3. The van der Waals surface area contributed by atoms with Crippen LogP contribution >= 0.6 is 0 Å². The van der Waals surface area contributed by atoms with Crippen LogP contribution in [0.1, 0.15) is 55.2 Å². The first-order chi connectivity index (χ1) is 13.3. The molecule has 3 aliphatic rings. The standard InChI is InChI=1S/C21H27N5O/c27-21(22-19-12-18(19)16-4-2-1-3-5-16)25-10-8-15(9-11-25)13-26-14-20(23-24-26)17-6-7-17/h1-5,14-15,17-19H,6-13H2,(H,22,27)/t18-,19+/m0/s1. The van der Waals surface area contributed by atoms with Gasteiger partial charge in [-0.2, -0.15) is 0 Å². The van der Waals surface area contributed by atoms with Crippen LogP contribution in [0.3, 0.4) is 0 Å². The predicted octanol–water partition coefficient (Wildman–Crippen LogP) is 3.13. The normalized spacial score (nSPS) is 25.4. The molecule has 1 aliphatic heterocycles. The topological polar surface area (TPSA) is 63.1 Å². The van der Waals surface area contributed by atoms with Crippen molar-refractivity contribution < 1.29 is 4.79 Å². The minimum absolute atomic E-state index is 0.105. The smallest absolute Gasteiger partial charge is 0.317 e. The molecule has 0 spiro atoms. The van der Waals surface area contributed by atoms with Crippen LogP contribution in [0.5, 0.6) is 0 Å². The maximum Gasteiger partial charge on any atom is 0.317 e. The second kappa shape index (κ2) is 6.98. The Bertz CT molecular complexity index is 792. The van der Waals surface area contributed by atoms with E-state index < -0.39 is 0 Å². The van der Waals surface area contributed by atoms with Gasteiger partial charge >= 0.3 is 6.03 Å². The number of nitrogens with one attached hydrogen (secondary N) is 1. The van der Waals surface area contributed by atoms with Crippen molar-refractivity contribution in [1.82, 2.24) is 25.2 Å². The second-order valence-electron chi connectivity index (χ2n) is 8.38. The van der Waals surface area contributed by atoms with Crippen molar-refractivity contribution in [2.75, 3.05) is 13.1 Å². The molecular formula is C21H27N5O. The second-order valence-corrected chi connectivity index (χ2v) is 8.38. The first-order valence-corrected chi connectivity index (χ1v) is 10.3. The van der Waals surface area contributed by atoms with Crippen molar-refractivity contribution in [3.05, 3.63) is 47.8 Å². The number of piperidine rings is 1. The fourth-order valence-electron chi connectivity index (χ4n) is 4.22. The van der Waals surface area contributed by atoms with Gasteiger partial charge in [0.15, 0.2) is 0 Å². The van der Waals surface area contributed by atoms with Gasteiger partial charge in [-0.1, -0.05) is 35.5 Å². The van der Waals surface area contributed by atoms with Crippen LogP contribution in [0.2, 0.25) is 0 Å². The van der Waals surface area contributed by atoms with E-state index in [0.29, 0.717) is 23.8 Å². The molecule has 6 heteroatoms. The number of hydrogen-bond donors (Lipinski definition) is 1. The van der Waals surface area contributed by atoms with Gasteiger partial charge in [0.25, 0.3) is 0 Å². The molecule has 1 saturated heterocycles. The van der Waals surface area contributed by atoms with E-state index in [4.69, 9.17) is 0 Å². The minimum Gasteiger partial charge on any atom is -0.335 e. The fraction of sp³-hybridized carbons (Fsp3) is 0.571. The molecule has 5 rings (SSSR count). The summed E-state index contributed by atoms with van der Waals surface area (Å²) in [6.07, 6.45) is 7.78. The third-order valence-corrected chi connectivity index (χ3v) is 6.23. The monoisotopic (exact) mass is 365 g/mol. The lowest BCUT2D eigenvalue weighted by atomic mass is 9.97. The zero-order chi connectivity index (χ0) is 18.2. The molecule has 1 N–H and O–H groups in total. The number of likely N-dealkylation sites (tertiary alicyclic amines) is 1. The lowest BCUT2D eigenvalue weighted by Gasteiger charge is -2.32. The van der Waals surface area contributed by atoms with Crippen LogP contribution in [0.4, 0.5) is 4.79 Å². The summed E-state index contributed by atoms with van der Waals surface area (Å²) in [5.41, 5.74) is 2.49. The highest BCUT2D eigenvalue weighted by Crippen LogP contribution is 2.41. The Kier molecular flexibility index (Phi) is 4.34. The molecule has 3 fully saturated rings. The molecule has 27 heavy (non-hydrogen) atoms. The zero-order valence-electron chi connectivity index (χ0n) is 15.6. The molecule has 1 aromatic carbocycles. The molecule has 2 aliphatic carbocycles. The highest BCUT2D eigenvalue weighted by molar-refractivity contribution is 5.75. The number of rotatable bonds is 5. The van der Waals surface area contributed by atoms with Crippen molar-refractivity contribution >= 4 is 6.03 Å². The summed E-state index contributed by atoms with van der Waals surface area (Å²) in [5.74, 6) is 1.73. The molecule has 2 atom stereocenters. The summed E-state index contributed by atoms with van der Waals surface area (Å²) in [4.78, 5) is 14.5. The third kappa shape index (κ3) is 3.84. The zero-order valence-corrected chi connectivity index (χ0v) is 15.6. The van der Waals surface area contributed by atoms with Gasteiger partial charge < -0.3 is 10.2 Å². The van der Waals surface area contributed by atoms with Crippen LogP contribution in [-0.2, 0) is 6.54 Å². The average Bonchev–Trinajstić information content (AvgIpc) is 3.63. The van der Waals surface area contributed by atoms with Crippen molar-refractivity contribution in [3.63, 3.8) is 0 Å². The SMILES string of the molecule is O=C(N[C@@H]1C[C@H]1c1ccccc1)N1CCC(Cn2cc(C3CC3)nn2)CC1. The predicted molar refractivity (Wildman–Crippen MR) is 102 cm³/mol. The average molecular weight is 365 g/mol. The van der Waals surface area contributed by atoms with E-state index in [-0.39, 0.29) is 6.03 Å². The first-order valence-electron chi connectivity index (χ1n) is 10.3. The third-order valence-electron chi connectivity index (χ3n) is 6.23. The number of aromatic nitrogens is 3. The van der Waals surface area contributed by atoms with Gasteiger partial charge in [-0.15, -0.1) is 5.10 Å². The largest absolute Gasteiger partial charge is 0.335 e. The number of carbonyl (C=O) groups is 1. The molecule has 2 heterocycles. The molecule has 6 nitrogen and oxygen atoms in total. The Morgan fingerprint density at radius 1 is 1.11 bits per heavy atom. The van der Waals surface area contributed by atoms with Crippen molar-refractivity contribution in [2.24, 2.45) is 5.92 Å². The Labute approximate surface area is 159 Å². The minimum atomic E-state index is 0.105. The van der Waals surface area contributed by atoms with Gasteiger partial charge in [-0.25, -0.2) is 4.79 Å². The summed E-state index contributed by atoms with van der Waals surface area (Å²) in [5, 5.41) is 11.8. The molecule has 2 aromatic rings. The van der Waals surface area contributed by atoms with Crippen molar-refractivity contribution in [3.8, 4) is 0 Å². The van der Waals surface area contributed by atoms with E-state index in [1.54, 1.807) is 0 Å². The molecule has 1 aromatic heterocycles. The number of urea groups is 1. The van der Waals surface area contributed by atoms with E-state index in [1.165, 1.54) is 18.4 Å². The molecule has 0 unspecified atom stereocenters. The van der Waals surface area contributed by atoms with E-state index in [9.17, 15) is 4.79 Å². The Morgan fingerprint density at radius 2 is 1.89 bits per heavy atom. The van der Waals surface area contributed by atoms with Crippen LogP contribution in [0, 0.1) is 5.92 Å². The molecular weight excluding hydrogens is 338 g/mol. The number of carbonyl (C=O) groups excluding carboxylic acids is 1. The Balaban J connectivity index is 1.07. The first kappa shape index (κ1) is 16.8. The van der Waals surface area contributed by atoms with E-state index in [1.807, 2.05) is 15.6 Å². The van der Waals surface area contributed by atoms with Gasteiger partial charge in [0.1, 0.15) is 0 Å². The number of amides is 2. The Morgan fingerprint density at radius 3 is 2.63 bits per heavy atom. The molecule has 2 saturated carbocycles. The number of nitrogens with zero attached hydrogens (tertiary/aromatic N) is 4. The highest BCUT2D eigenvalue weighted by atomic mass is 16.2. The lowest BCUT2D eigenvalue weighted by molar-refractivity contribution is 0.163. The van der Waals surface area contributed by atoms with Gasteiger partial charge in [0.2, 0.25) is 0 Å². The van der Waals surface area contributed by atoms with Gasteiger partial charge in [0.05, 0.1) is 5.69 Å². The van der Waals surface area contributed by atoms with Crippen LogP contribution in [0.15, 0.2) is 36.5 Å². The maximum absolute atomic E-state index is 12.6. The maximum atomic E-state index is 12.6. The summed E-state index contributed by atoms with van der Waals surface area (Å²) in [6.45, 7) is 2.60. The van der Waals surface area contributed by atoms with Crippen molar-refractivity contribution in [1.29, 1.82) is 0 Å². The van der Waals surface area contributed by atoms with Crippen LogP contribution < -0.4 is 5.32 Å².